The van der Waals surface area contributed by atoms with Gasteiger partial charge in [0.25, 0.3) is 0 Å². The first-order valence-corrected chi connectivity index (χ1v) is 50.2. The van der Waals surface area contributed by atoms with Crippen molar-refractivity contribution in [2.75, 3.05) is 223 Å². The Kier molecular flexibility index (Phi) is 51.2. The molecule has 0 atom stereocenters. The summed E-state index contributed by atoms with van der Waals surface area (Å²) in [7, 11) is 0. The predicted octanol–water partition coefficient (Wildman–Crippen LogP) is 22.7. The summed E-state index contributed by atoms with van der Waals surface area (Å²) in [5, 5.41) is 0. The van der Waals surface area contributed by atoms with Gasteiger partial charge in [-0.3, -0.25) is 39.2 Å². The zero-order valence-electron chi connectivity index (χ0n) is 89.9. The van der Waals surface area contributed by atoms with Crippen molar-refractivity contribution in [1.82, 2.24) is 68.6 Å². The summed E-state index contributed by atoms with van der Waals surface area (Å²) in [5.41, 5.74) is 5.68. The highest BCUT2D eigenvalue weighted by atomic mass is 15.3. The van der Waals surface area contributed by atoms with Crippen LogP contribution >= 0.6 is 0 Å². The summed E-state index contributed by atoms with van der Waals surface area (Å²) >= 11 is 0. The van der Waals surface area contributed by atoms with Gasteiger partial charge in [-0.2, -0.15) is 0 Å². The van der Waals surface area contributed by atoms with Gasteiger partial charge in [-0.25, -0.2) is 0 Å². The van der Waals surface area contributed by atoms with Crippen molar-refractivity contribution < 1.29 is 0 Å². The van der Waals surface area contributed by atoms with Crippen LogP contribution in [-0.4, -0.2) is 335 Å². The van der Waals surface area contributed by atoms with Crippen LogP contribution in [0.4, 0.5) is 0 Å². The average Bonchev–Trinajstić information content (AvgIpc) is 0.850. The molecule has 0 aromatic rings. The minimum atomic E-state index is 0.337. The van der Waals surface area contributed by atoms with E-state index in [4.69, 9.17) is 0 Å². The number of nitrogens with zero attached hydrogens (tertiary/aromatic N) is 14. The molecular weight excluding hydrogens is 1460 g/mol. The first-order valence-electron chi connectivity index (χ1n) is 50.2. The summed E-state index contributed by atoms with van der Waals surface area (Å²) in [6.07, 6.45) is 20.6. The molecule has 0 bridgehead atoms. The molecule has 7 aliphatic heterocycles. The van der Waals surface area contributed by atoms with E-state index in [1.165, 1.54) is 319 Å². The van der Waals surface area contributed by atoms with E-state index in [0.29, 0.717) is 76.8 Å². The van der Waals surface area contributed by atoms with Gasteiger partial charge < -0.3 is 29.4 Å². The Balaban J connectivity index is 0.000000696. The number of hydrogen-bond donors (Lipinski definition) is 0. The van der Waals surface area contributed by atoms with Gasteiger partial charge in [-0.15, -0.1) is 0 Å². The molecule has 0 aromatic carbocycles. The van der Waals surface area contributed by atoms with Crippen molar-refractivity contribution in [3.8, 4) is 0 Å². The fourth-order valence-electron chi connectivity index (χ4n) is 17.3. The number of hydrogen-bond acceptors (Lipinski definition) is 14. The molecule has 14 nitrogen and oxygen atoms in total. The Labute approximate surface area is 750 Å². The van der Waals surface area contributed by atoms with Crippen molar-refractivity contribution in [3.63, 3.8) is 0 Å². The third-order valence-electron chi connectivity index (χ3n) is 26.1. The Morgan fingerprint density at radius 3 is 0.462 bits per heavy atom. The zero-order valence-corrected chi connectivity index (χ0v) is 89.9. The largest absolute Gasteiger partial charge is 0.301 e. The lowest BCUT2D eigenvalue weighted by Crippen LogP contribution is -2.57. The molecule has 7 aliphatic rings. The van der Waals surface area contributed by atoms with E-state index in [9.17, 15) is 0 Å². The smallest absolute Gasteiger partial charge is 0.0126 e. The lowest BCUT2D eigenvalue weighted by atomic mass is 9.89. The lowest BCUT2D eigenvalue weighted by molar-refractivity contribution is 0.0211. The summed E-state index contributed by atoms with van der Waals surface area (Å²) in [6, 6.07) is 0. The zero-order chi connectivity index (χ0) is 91.7. The SMILES string of the molecule is CC(C)(C)CCCCCCN1CCN(C(C)(C)C)CC1.CC(C)(C)CCCCCN1CCN(C(C)(C)C)CC1.CC(C)(C)CCCCN1CCN(C(C)(C)C)CC1.CC(C)(C)CCCN1CCN(C(C)(C)C)CC1.CC(C)(C)CCN1CCN(C(C)(C)C)CC1.CC(C)(C)CN1CCN(C(C)(C)C)CC1.CC(C)(C)N1CCN(C(C)(C)C)CC1. The van der Waals surface area contributed by atoms with E-state index in [1.807, 2.05) is 0 Å². The fraction of sp³-hybridized carbons (Fsp3) is 1.00. The highest BCUT2D eigenvalue weighted by Crippen LogP contribution is 2.30. The molecule has 7 fully saturated rings. The topological polar surface area (TPSA) is 45.4 Å². The van der Waals surface area contributed by atoms with Crippen LogP contribution in [-0.2, 0) is 0 Å². The molecular formula is C105H224N14. The van der Waals surface area contributed by atoms with Gasteiger partial charge in [0.15, 0.2) is 0 Å². The lowest BCUT2D eigenvalue weighted by Gasteiger charge is -2.46. The van der Waals surface area contributed by atoms with Crippen molar-refractivity contribution in [2.45, 2.75) is 431 Å². The van der Waals surface area contributed by atoms with E-state index >= 15 is 0 Å². The quantitative estimate of drug-likeness (QED) is 0.103. The van der Waals surface area contributed by atoms with Crippen molar-refractivity contribution >= 4 is 0 Å². The van der Waals surface area contributed by atoms with E-state index in [-0.39, 0.29) is 0 Å². The monoisotopic (exact) mass is 1680 g/mol. The van der Waals surface area contributed by atoms with Gasteiger partial charge in [0.05, 0.1) is 0 Å². The molecule has 0 unspecified atom stereocenters. The summed E-state index contributed by atoms with van der Waals surface area (Å²) in [4.78, 5) is 36.6. The Bertz CT molecular complexity index is 2460. The van der Waals surface area contributed by atoms with Crippen LogP contribution < -0.4 is 0 Å². The maximum atomic E-state index is 2.66. The molecule has 0 saturated carbocycles. The van der Waals surface area contributed by atoms with Crippen LogP contribution in [0, 0.1) is 32.5 Å². The Morgan fingerprint density at radius 2 is 0.269 bits per heavy atom. The van der Waals surface area contributed by atoms with Crippen LogP contribution in [0.25, 0.3) is 0 Å². The molecule has 119 heavy (non-hydrogen) atoms. The fourth-order valence-corrected chi connectivity index (χ4v) is 17.3. The highest BCUT2D eigenvalue weighted by Gasteiger charge is 2.34. The van der Waals surface area contributed by atoms with E-state index < -0.39 is 0 Å². The molecule has 714 valence electrons. The van der Waals surface area contributed by atoms with Crippen LogP contribution in [0.3, 0.4) is 0 Å². The normalized spacial score (nSPS) is 20.8. The molecule has 7 rings (SSSR count). The van der Waals surface area contributed by atoms with Gasteiger partial charge in [0.1, 0.15) is 0 Å². The third-order valence-corrected chi connectivity index (χ3v) is 26.1. The Morgan fingerprint density at radius 1 is 0.126 bits per heavy atom. The minimum absolute atomic E-state index is 0.337. The summed E-state index contributed by atoms with van der Waals surface area (Å²) in [6.45, 7) is 140. The van der Waals surface area contributed by atoms with Gasteiger partial charge in [0, 0.05) is 234 Å². The number of piperazine rings is 7. The van der Waals surface area contributed by atoms with Crippen molar-refractivity contribution in [1.29, 1.82) is 0 Å². The second-order valence-electron chi connectivity index (χ2n) is 53.4. The highest BCUT2D eigenvalue weighted by molar-refractivity contribution is 4.91. The molecule has 0 spiro atoms. The van der Waals surface area contributed by atoms with E-state index in [1.54, 1.807) is 0 Å². The summed E-state index contributed by atoms with van der Waals surface area (Å²) in [5.74, 6) is 0. The maximum absolute atomic E-state index is 2.66. The van der Waals surface area contributed by atoms with Crippen LogP contribution in [0.1, 0.15) is 387 Å². The summed E-state index contributed by atoms with van der Waals surface area (Å²) < 4.78 is 0. The van der Waals surface area contributed by atoms with E-state index in [2.05, 4.69) is 359 Å². The van der Waals surface area contributed by atoms with Gasteiger partial charge >= 0.3 is 0 Å². The maximum Gasteiger partial charge on any atom is 0.0126 e. The molecule has 7 saturated heterocycles. The molecule has 0 amide bonds. The van der Waals surface area contributed by atoms with Gasteiger partial charge in [-0.1, -0.05) is 163 Å². The third kappa shape index (κ3) is 59.3. The molecule has 0 aliphatic carbocycles. The molecule has 0 aromatic heterocycles. The number of unbranched alkanes of at least 4 members (excludes halogenated alkanes) is 6. The van der Waals surface area contributed by atoms with Gasteiger partial charge in [0.2, 0.25) is 0 Å². The predicted molar refractivity (Wildman–Crippen MR) is 535 cm³/mol. The standard InChI is InChI=1S/C18H38N2.C17H36N2.C16H34N2.C15H32N2.C14H30N2.C13H28N2.C12H26N2/c1-17(2,3)11-9-7-8-10-12-19-13-15-20(16-14-19)18(4,5)6;1-16(2,3)10-8-7-9-11-18-12-14-19(15-13-18)17(4,5)6;1-15(2,3)9-7-8-10-17-11-13-18(14-12-17)16(4,5)6;1-14(2,3)8-7-9-16-10-12-17(13-11-16)15(4,5)6;1-13(2,3)7-8-15-9-11-16(12-10-15)14(4,5)6;1-12(2,3)11-14-7-9-15(10-8-14)13(4,5)6;1-11(2,3)13-7-9-14(10-8-13)12(4,5)6/h7-16H2,1-6H3;7-15H2,1-6H3;7-14H2,1-6H3;7-13H2,1-6H3;7-12H2,1-6H3;7-11H2,1-6H3;7-10H2,1-6H3. The van der Waals surface area contributed by atoms with Crippen molar-refractivity contribution in [2.24, 2.45) is 32.5 Å². The van der Waals surface area contributed by atoms with Crippen LogP contribution in [0.5, 0.6) is 0 Å². The van der Waals surface area contributed by atoms with Gasteiger partial charge in [-0.05, 0) is 289 Å². The molecule has 7 heterocycles. The van der Waals surface area contributed by atoms with Crippen LogP contribution in [0.2, 0.25) is 0 Å². The average molecular weight is 1680 g/mol. The van der Waals surface area contributed by atoms with Crippen molar-refractivity contribution in [3.05, 3.63) is 0 Å². The Hall–Kier alpha value is -0.560. The van der Waals surface area contributed by atoms with Crippen LogP contribution in [0.15, 0.2) is 0 Å². The molecule has 14 heteroatoms. The number of rotatable bonds is 21. The van der Waals surface area contributed by atoms with E-state index in [0.717, 1.165) is 0 Å². The first kappa shape index (κ1) is 116. The second-order valence-corrected chi connectivity index (χ2v) is 53.4. The second kappa shape index (κ2) is 52.3. The molecule has 0 N–H and O–H groups in total. The molecule has 0 radical (unpaired) electrons. The minimum Gasteiger partial charge on any atom is -0.301 e. The first-order chi connectivity index (χ1) is 53.8.